The van der Waals surface area contributed by atoms with Crippen LogP contribution in [0.25, 0.3) is 0 Å². The Hall–Kier alpha value is -10.9. The van der Waals surface area contributed by atoms with Crippen molar-refractivity contribution >= 4 is 94.6 Å². The van der Waals surface area contributed by atoms with Crippen LogP contribution in [0.1, 0.15) is 200 Å². The number of nitrogens with one attached hydrogen (secondary N) is 9. The molecular weight excluding hydrogens is 1770 g/mol. The Kier molecular flexibility index (Phi) is 42.4. The number of carbonyl (C=O) groups is 9. The third-order valence-corrected chi connectivity index (χ3v) is 28.0. The summed E-state index contributed by atoms with van der Waals surface area (Å²) in [5.41, 5.74) is 19.6. The van der Waals surface area contributed by atoms with E-state index in [0.29, 0.717) is 22.5 Å². The molecule has 0 aromatic heterocycles. The van der Waals surface area contributed by atoms with Gasteiger partial charge in [-0.1, -0.05) is 291 Å². The summed E-state index contributed by atoms with van der Waals surface area (Å²) in [6.45, 7) is 44.9. The van der Waals surface area contributed by atoms with Gasteiger partial charge < -0.3 is 63.8 Å². The van der Waals surface area contributed by atoms with Crippen LogP contribution in [0, 0.1) is 34.0 Å². The number of hydrogen-bond acceptors (Lipinski definition) is 21. The van der Waals surface area contributed by atoms with Gasteiger partial charge in [0.2, 0.25) is 55.5 Å². The minimum atomic E-state index is -4.13. The molecule has 6 rings (SSSR count). The van der Waals surface area contributed by atoms with E-state index in [1.807, 2.05) is 218 Å². The average Bonchev–Trinajstić information content (AvgIpc) is 0.906. The van der Waals surface area contributed by atoms with Gasteiger partial charge in [0.05, 0.1) is 52.7 Å². The lowest BCUT2D eigenvalue weighted by atomic mass is 9.76. The molecule has 6 aromatic rings. The van der Waals surface area contributed by atoms with Crippen molar-refractivity contribution < 1.29 is 68.4 Å². The van der Waals surface area contributed by atoms with Gasteiger partial charge in [-0.15, -0.1) is 0 Å². The lowest BCUT2D eigenvalue weighted by Gasteiger charge is -2.40. The van der Waals surface area contributed by atoms with Crippen molar-refractivity contribution in [3.05, 3.63) is 232 Å². The van der Waals surface area contributed by atoms with E-state index in [2.05, 4.69) is 46.1 Å². The Labute approximate surface area is 804 Å². The van der Waals surface area contributed by atoms with Crippen LogP contribution in [0.2, 0.25) is 0 Å². The van der Waals surface area contributed by atoms with Crippen molar-refractivity contribution in [3.63, 3.8) is 0 Å². The second-order valence-electron chi connectivity index (χ2n) is 40.6. The van der Waals surface area contributed by atoms with Crippen LogP contribution in [0.4, 0.5) is 11.4 Å². The van der Waals surface area contributed by atoms with Gasteiger partial charge in [-0.25, -0.2) is 39.4 Å². The zero-order valence-corrected chi connectivity index (χ0v) is 87.2. The summed E-state index contributed by atoms with van der Waals surface area (Å²) in [5.74, 6) is -5.44. The number of rotatable bonds is 39. The van der Waals surface area contributed by atoms with Gasteiger partial charge in [-0.05, 0) is 146 Å². The molecule has 135 heavy (non-hydrogen) atoms. The van der Waals surface area contributed by atoms with Crippen molar-refractivity contribution in [1.29, 1.82) is 0 Å². The van der Waals surface area contributed by atoms with Crippen molar-refractivity contribution in [1.82, 2.24) is 60.8 Å². The van der Waals surface area contributed by atoms with Gasteiger partial charge in [0.15, 0.2) is 0 Å². The molecule has 744 valence electrons. The molecule has 0 aliphatic rings. The SMILES string of the molecule is CN[C@H](C(=O)N[C@H](C(=O)N(C)[C@H](/C=C(\C)C(=O)NS(=O)(=O)Cc1ccc(N)cc1)C(C)C)C(C)(C)C)C(C)(C)c1ccccc1.CN[C@H](C(=O)N[C@H](C(=O)N(C)[C@H](/C=C(\C)C(=O)NS(=O)(=O)Cc1ccccc1)C(C)C)C(C)(C)C)C(C)(C)c1ccc(N)cc1.CN[C@H](C(=O)N[C@H](C(=O)N(C)[C@H](/C=C(\C)C(=O)NS(=O)(=O)c1ccc(CN)cc1)C(C)C)C(C)(C)C)C(C)(C)c1ccccc1. The Morgan fingerprint density at radius 2 is 0.585 bits per heavy atom. The molecule has 0 aliphatic heterocycles. The molecule has 30 nitrogen and oxygen atoms in total. The van der Waals surface area contributed by atoms with Crippen molar-refractivity contribution in [2.45, 2.75) is 260 Å². The van der Waals surface area contributed by atoms with Crippen molar-refractivity contribution in [2.75, 3.05) is 53.8 Å². The number of carbonyl (C=O) groups excluding carboxylic acids is 9. The number of nitrogens with zero attached hydrogens (tertiary/aromatic N) is 3. The molecule has 0 spiro atoms. The summed E-state index contributed by atoms with van der Waals surface area (Å²) in [4.78, 5) is 127. The monoisotopic (exact) mass is 1920 g/mol. The topological polar surface area (TPSA) is 452 Å². The number of anilines is 2. The van der Waals surface area contributed by atoms with Crippen molar-refractivity contribution in [3.8, 4) is 0 Å². The number of nitrogen functional groups attached to an aromatic ring is 2. The van der Waals surface area contributed by atoms with E-state index in [1.165, 1.54) is 47.6 Å². The van der Waals surface area contributed by atoms with Crippen LogP contribution in [-0.4, -0.2) is 190 Å². The number of nitrogens with two attached hydrogens (primary N) is 3. The standard InChI is InChI=1S/3C34H51N5O5S/c1-22(2)27(20-23(3)30(40)38-45(43,44)21-24-16-18-26(35)19-17-24)39(10)32(42)29(33(4,5)6)37-31(41)28(36-9)34(7,8)25-14-12-11-13-15-25;1-22(2)27(20-23(3)30(40)38-45(43,44)26-18-16-24(21-35)17-19-26)39(10)32(42)29(33(4,5)6)37-31(41)28(36-9)34(7,8)25-14-12-11-13-15-25;1-22(2)27(20-23(3)30(40)38-45(43,44)21-24-14-12-11-13-15-24)39(10)32(42)29(33(4,5)6)37-31(41)28(36-9)34(7,8)25-16-18-26(35)19-17-25/h3*11-20,22,27-29,36H,21,35H2,1-10H3,(H,37,41)(H,38,40)/b3*23-20+/t3*27-,28-,29-/m111/s1. The highest BCUT2D eigenvalue weighted by atomic mass is 32.2. The number of hydrogen-bond donors (Lipinski definition) is 12. The van der Waals surface area contributed by atoms with Gasteiger partial charge in [0, 0.05) is 72.0 Å². The van der Waals surface area contributed by atoms with Crippen LogP contribution < -0.4 is 63.3 Å². The highest BCUT2D eigenvalue weighted by Gasteiger charge is 2.46. The molecule has 0 saturated carbocycles. The Morgan fingerprint density at radius 3 is 0.844 bits per heavy atom. The Balaban J connectivity index is 0.000000423. The van der Waals surface area contributed by atoms with E-state index in [1.54, 1.807) is 139 Å². The van der Waals surface area contributed by atoms with Crippen LogP contribution in [0.3, 0.4) is 0 Å². The molecule has 33 heteroatoms. The first-order chi connectivity index (χ1) is 62.2. The molecular formula is C102H153N15O15S3. The molecule has 0 aliphatic carbocycles. The van der Waals surface area contributed by atoms with E-state index < -0.39 is 135 Å². The molecule has 0 fully saturated rings. The fraction of sp³-hybridized carbons (Fsp3) is 0.500. The number of benzene rings is 6. The molecule has 0 heterocycles. The highest BCUT2D eigenvalue weighted by molar-refractivity contribution is 7.90. The highest BCUT2D eigenvalue weighted by Crippen LogP contribution is 2.35. The van der Waals surface area contributed by atoms with Crippen LogP contribution in [0.15, 0.2) is 204 Å². The summed E-state index contributed by atoms with van der Waals surface area (Å²) < 4.78 is 82.8. The predicted molar refractivity (Wildman–Crippen MR) is 539 cm³/mol. The largest absolute Gasteiger partial charge is 0.399 e. The first-order valence-electron chi connectivity index (χ1n) is 45.3. The van der Waals surface area contributed by atoms with E-state index in [9.17, 15) is 68.4 Å². The van der Waals surface area contributed by atoms with E-state index in [0.717, 1.165) is 22.3 Å². The second-order valence-corrected chi connectivity index (χ2v) is 45.7. The molecule has 9 atom stereocenters. The van der Waals surface area contributed by atoms with Gasteiger partial charge in [0.1, 0.15) is 18.1 Å². The van der Waals surface area contributed by atoms with Crippen molar-refractivity contribution in [2.24, 2.45) is 39.7 Å². The summed E-state index contributed by atoms with van der Waals surface area (Å²) in [6.07, 6.45) is 4.77. The zero-order chi connectivity index (χ0) is 103. The lowest BCUT2D eigenvalue weighted by Crippen LogP contribution is -2.61. The third kappa shape index (κ3) is 33.5. The van der Waals surface area contributed by atoms with Crippen LogP contribution >= 0.6 is 0 Å². The fourth-order valence-corrected chi connectivity index (χ4v) is 19.1. The molecule has 9 amide bonds. The smallest absolute Gasteiger partial charge is 0.264 e. The van der Waals surface area contributed by atoms with Gasteiger partial charge in [0.25, 0.3) is 27.7 Å². The zero-order valence-electron chi connectivity index (χ0n) is 84.8. The van der Waals surface area contributed by atoms with E-state index >= 15 is 0 Å². The van der Waals surface area contributed by atoms with Crippen LogP contribution in [0.5, 0.6) is 0 Å². The minimum absolute atomic E-state index is 0.0624. The number of amides is 9. The predicted octanol–water partition coefficient (Wildman–Crippen LogP) is 11.0. The molecule has 0 bridgehead atoms. The molecule has 0 radical (unpaired) electrons. The van der Waals surface area contributed by atoms with Gasteiger partial charge in [-0.3, -0.25) is 43.2 Å². The molecule has 15 N–H and O–H groups in total. The Bertz CT molecular complexity index is 5460. The first-order valence-corrected chi connectivity index (χ1v) is 50.1. The quantitative estimate of drug-likeness (QED) is 0.0126. The fourth-order valence-electron chi connectivity index (χ4n) is 15.7. The second kappa shape index (κ2) is 49.2. The average molecular weight is 1930 g/mol. The third-order valence-electron chi connectivity index (χ3n) is 24.2. The first kappa shape index (κ1) is 116. The minimum Gasteiger partial charge on any atom is -0.399 e. The van der Waals surface area contributed by atoms with Crippen LogP contribution in [-0.2, 0) is 108 Å². The molecule has 6 aromatic carbocycles. The summed E-state index contributed by atoms with van der Waals surface area (Å²) in [6, 6.07) is 41.3. The summed E-state index contributed by atoms with van der Waals surface area (Å²) in [7, 11) is -2.04. The molecule has 0 unspecified atom stereocenters. The summed E-state index contributed by atoms with van der Waals surface area (Å²) >= 11 is 0. The maximum atomic E-state index is 14.1. The maximum Gasteiger partial charge on any atom is 0.264 e. The number of likely N-dealkylation sites (N-methyl/N-ethyl adjacent to an activating group) is 6. The van der Waals surface area contributed by atoms with E-state index in [-0.39, 0.29) is 92.9 Å². The Morgan fingerprint density at radius 1 is 0.341 bits per heavy atom. The van der Waals surface area contributed by atoms with Gasteiger partial charge >= 0.3 is 0 Å². The molecule has 0 saturated heterocycles. The maximum absolute atomic E-state index is 14.1. The van der Waals surface area contributed by atoms with E-state index in [4.69, 9.17) is 17.2 Å². The summed E-state index contributed by atoms with van der Waals surface area (Å²) in [5, 5.41) is 18.4. The normalized spacial score (nSPS) is 14.8. The lowest BCUT2D eigenvalue weighted by molar-refractivity contribution is -0.141. The number of sulfonamides is 3. The van der Waals surface area contributed by atoms with Gasteiger partial charge in [-0.2, -0.15) is 0 Å².